The summed E-state index contributed by atoms with van der Waals surface area (Å²) in [6.45, 7) is 0.904. The number of benzene rings is 1. The smallest absolute Gasteiger partial charge is 0.417 e. The molecular weight excluding hydrogens is 359 g/mol. The van der Waals surface area contributed by atoms with Crippen LogP contribution in [0.2, 0.25) is 5.02 Å². The second kappa shape index (κ2) is 7.49. The maximum absolute atomic E-state index is 12.6. The first kappa shape index (κ1) is 17.8. The number of hydrogen-bond acceptors (Lipinski definition) is 4. The van der Waals surface area contributed by atoms with Gasteiger partial charge in [0, 0.05) is 12.3 Å². The van der Waals surface area contributed by atoms with Crippen LogP contribution in [0.25, 0.3) is 0 Å². The van der Waals surface area contributed by atoms with Crippen LogP contribution in [-0.4, -0.2) is 24.3 Å². The molecule has 1 heterocycles. The summed E-state index contributed by atoms with van der Waals surface area (Å²) in [6, 6.07) is 7.45. The van der Waals surface area contributed by atoms with Crippen molar-refractivity contribution >= 4 is 11.6 Å². The van der Waals surface area contributed by atoms with Gasteiger partial charge >= 0.3 is 6.18 Å². The van der Waals surface area contributed by atoms with E-state index in [1.54, 1.807) is 24.3 Å². The topological polar surface area (TPSA) is 40.6 Å². The predicted octanol–water partition coefficient (Wildman–Crippen LogP) is 5.10. The minimum atomic E-state index is -4.51. The van der Waals surface area contributed by atoms with Crippen LogP contribution in [-0.2, 0) is 10.9 Å². The average Bonchev–Trinajstić information content (AvgIpc) is 3.37. The van der Waals surface area contributed by atoms with Gasteiger partial charge in [0.25, 0.3) is 0 Å². The third-order valence-corrected chi connectivity index (χ3v) is 3.66. The molecule has 0 bridgehead atoms. The zero-order chi connectivity index (χ0) is 17.9. The predicted molar refractivity (Wildman–Crippen MR) is 85.2 cm³/mol. The number of alkyl halides is 3. The molecule has 4 nitrogen and oxygen atoms in total. The molecule has 0 aliphatic heterocycles. The number of nitrogens with zero attached hydrogens (tertiary/aromatic N) is 1. The first-order valence-corrected chi connectivity index (χ1v) is 8.05. The molecule has 1 aromatic carbocycles. The Morgan fingerprint density at radius 1 is 1.12 bits per heavy atom. The lowest BCUT2D eigenvalue weighted by Gasteiger charge is -2.11. The summed E-state index contributed by atoms with van der Waals surface area (Å²) in [5.74, 6) is 0.804. The second-order valence-corrected chi connectivity index (χ2v) is 5.91. The first-order valence-electron chi connectivity index (χ1n) is 7.67. The molecule has 0 saturated heterocycles. The number of pyridine rings is 1. The summed E-state index contributed by atoms with van der Waals surface area (Å²) in [6.07, 6.45) is -1.26. The highest BCUT2D eigenvalue weighted by atomic mass is 35.5. The number of aromatic nitrogens is 1. The summed E-state index contributed by atoms with van der Waals surface area (Å²) in [4.78, 5) is 3.64. The van der Waals surface area contributed by atoms with Crippen LogP contribution in [0, 0.1) is 0 Å². The Balaban J connectivity index is 1.61. The average molecular weight is 374 g/mol. The van der Waals surface area contributed by atoms with E-state index in [0.717, 1.165) is 18.9 Å². The third kappa shape index (κ3) is 5.24. The maximum atomic E-state index is 12.6. The van der Waals surface area contributed by atoms with Crippen LogP contribution >= 0.6 is 11.6 Å². The monoisotopic (exact) mass is 373 g/mol. The van der Waals surface area contributed by atoms with Gasteiger partial charge in [-0.25, -0.2) is 4.98 Å². The van der Waals surface area contributed by atoms with Crippen LogP contribution in [0.15, 0.2) is 36.5 Å². The van der Waals surface area contributed by atoms with Crippen molar-refractivity contribution in [3.63, 3.8) is 0 Å². The van der Waals surface area contributed by atoms with Gasteiger partial charge in [-0.05, 0) is 31.0 Å². The Kier molecular flexibility index (Phi) is 5.34. The molecule has 0 radical (unpaired) electrons. The van der Waals surface area contributed by atoms with Crippen molar-refractivity contribution in [3.05, 3.63) is 47.1 Å². The highest BCUT2D eigenvalue weighted by Gasteiger charge is 2.31. The van der Waals surface area contributed by atoms with Crippen molar-refractivity contribution in [1.82, 2.24) is 4.98 Å². The van der Waals surface area contributed by atoms with Crippen LogP contribution < -0.4 is 9.47 Å². The molecule has 1 aliphatic carbocycles. The lowest BCUT2D eigenvalue weighted by molar-refractivity contribution is -0.137. The van der Waals surface area contributed by atoms with Crippen LogP contribution in [0.4, 0.5) is 13.2 Å². The zero-order valence-electron chi connectivity index (χ0n) is 13.1. The largest absolute Gasteiger partial charge is 0.491 e. The Morgan fingerprint density at radius 2 is 1.88 bits per heavy atom. The van der Waals surface area contributed by atoms with Crippen molar-refractivity contribution in [2.75, 3.05) is 13.2 Å². The van der Waals surface area contributed by atoms with Crippen molar-refractivity contribution < 1.29 is 27.4 Å². The second-order valence-electron chi connectivity index (χ2n) is 5.50. The lowest BCUT2D eigenvalue weighted by Crippen LogP contribution is -2.07. The van der Waals surface area contributed by atoms with Gasteiger partial charge in [-0.1, -0.05) is 17.7 Å². The Morgan fingerprint density at radius 3 is 2.56 bits per heavy atom. The quantitative estimate of drug-likeness (QED) is 0.633. The minimum Gasteiger partial charge on any atom is -0.491 e. The summed E-state index contributed by atoms with van der Waals surface area (Å²) < 4.78 is 54.3. The summed E-state index contributed by atoms with van der Waals surface area (Å²) in [7, 11) is 0. The van der Waals surface area contributed by atoms with Gasteiger partial charge in [0.05, 0.1) is 18.3 Å². The normalized spacial score (nSPS) is 14.4. The fourth-order valence-electron chi connectivity index (χ4n) is 2.00. The van der Waals surface area contributed by atoms with E-state index in [9.17, 15) is 13.2 Å². The zero-order valence-corrected chi connectivity index (χ0v) is 13.8. The van der Waals surface area contributed by atoms with E-state index in [-0.39, 0.29) is 10.9 Å². The van der Waals surface area contributed by atoms with Crippen LogP contribution in [0.1, 0.15) is 18.4 Å². The molecule has 25 heavy (non-hydrogen) atoms. The molecule has 8 heteroatoms. The van der Waals surface area contributed by atoms with E-state index >= 15 is 0 Å². The molecule has 0 N–H and O–H groups in total. The molecule has 2 aromatic rings. The Hall–Kier alpha value is -1.99. The maximum Gasteiger partial charge on any atom is 0.417 e. The van der Waals surface area contributed by atoms with Gasteiger partial charge in [0.2, 0.25) is 5.88 Å². The number of halogens is 4. The number of rotatable bonds is 7. The molecule has 0 atom stereocenters. The van der Waals surface area contributed by atoms with Gasteiger partial charge in [-0.3, -0.25) is 0 Å². The van der Waals surface area contributed by atoms with Gasteiger partial charge in [0.15, 0.2) is 0 Å². The molecule has 3 rings (SSSR count). The molecule has 1 fully saturated rings. The van der Waals surface area contributed by atoms with Crippen molar-refractivity contribution in [2.24, 2.45) is 0 Å². The molecule has 1 aliphatic rings. The van der Waals surface area contributed by atoms with E-state index in [2.05, 4.69) is 4.98 Å². The molecule has 1 aromatic heterocycles. The van der Waals surface area contributed by atoms with E-state index in [1.807, 2.05) is 0 Å². The molecule has 0 spiro atoms. The molecule has 0 amide bonds. The first-order chi connectivity index (χ1) is 11.9. The van der Waals surface area contributed by atoms with Gasteiger partial charge in [-0.2, -0.15) is 13.2 Å². The van der Waals surface area contributed by atoms with Crippen molar-refractivity contribution in [2.45, 2.75) is 25.1 Å². The summed E-state index contributed by atoms with van der Waals surface area (Å²) in [5.41, 5.74) is -0.933. The highest BCUT2D eigenvalue weighted by Crippen LogP contribution is 2.35. The molecular formula is C17H15ClF3NO3. The van der Waals surface area contributed by atoms with E-state index in [4.69, 9.17) is 25.8 Å². The fourth-order valence-corrected chi connectivity index (χ4v) is 2.21. The van der Waals surface area contributed by atoms with Gasteiger partial charge < -0.3 is 14.2 Å². The SMILES string of the molecule is FC(F)(F)c1cnc(Oc2cccc(OCCOC3CC3)c2)c(Cl)c1. The number of hydrogen-bond donors (Lipinski definition) is 0. The Labute approximate surface area is 147 Å². The molecule has 0 unspecified atom stereocenters. The third-order valence-electron chi connectivity index (χ3n) is 3.38. The van der Waals surface area contributed by atoms with Gasteiger partial charge in [0.1, 0.15) is 23.1 Å². The van der Waals surface area contributed by atoms with Crippen LogP contribution in [0.3, 0.4) is 0 Å². The highest BCUT2D eigenvalue weighted by molar-refractivity contribution is 6.31. The summed E-state index contributed by atoms with van der Waals surface area (Å²) >= 11 is 5.83. The molecule has 1 saturated carbocycles. The van der Waals surface area contributed by atoms with E-state index < -0.39 is 11.7 Å². The Bertz CT molecular complexity index is 735. The van der Waals surface area contributed by atoms with Crippen LogP contribution in [0.5, 0.6) is 17.4 Å². The van der Waals surface area contributed by atoms with E-state index in [1.165, 1.54) is 0 Å². The molecule has 134 valence electrons. The fraction of sp³-hybridized carbons (Fsp3) is 0.353. The van der Waals surface area contributed by atoms with Crippen molar-refractivity contribution in [1.29, 1.82) is 0 Å². The standard InChI is InChI=1S/C17H15ClF3NO3/c18-15-8-11(17(19,20)21)10-22-16(15)25-14-3-1-2-13(9-14)24-7-6-23-12-4-5-12/h1-3,8-10,12H,4-7H2. The van der Waals surface area contributed by atoms with E-state index in [0.29, 0.717) is 37.0 Å². The van der Waals surface area contributed by atoms with Crippen molar-refractivity contribution in [3.8, 4) is 17.4 Å². The minimum absolute atomic E-state index is 0.108. The number of ether oxygens (including phenoxy) is 3. The van der Waals surface area contributed by atoms with Gasteiger partial charge in [-0.15, -0.1) is 0 Å². The lowest BCUT2D eigenvalue weighted by atomic mass is 10.3. The summed E-state index contributed by atoms with van der Waals surface area (Å²) in [5, 5.41) is -0.223.